The third-order valence-corrected chi connectivity index (χ3v) is 5.42. The van der Waals surface area contributed by atoms with E-state index in [-0.39, 0.29) is 24.5 Å². The zero-order valence-electron chi connectivity index (χ0n) is 15.3. The summed E-state index contributed by atoms with van der Waals surface area (Å²) in [5, 5.41) is 20.7. The maximum absolute atomic E-state index is 12.7. The largest absolute Gasteiger partial charge is 0.396 e. The van der Waals surface area contributed by atoms with Crippen molar-refractivity contribution in [1.82, 2.24) is 9.47 Å². The van der Waals surface area contributed by atoms with Crippen LogP contribution in [0.3, 0.4) is 0 Å². The molecule has 0 aliphatic carbocycles. The number of amides is 1. The summed E-state index contributed by atoms with van der Waals surface area (Å²) in [4.78, 5) is 26.2. The minimum Gasteiger partial charge on any atom is -0.396 e. The highest BCUT2D eigenvalue weighted by Gasteiger charge is 2.43. The van der Waals surface area contributed by atoms with Crippen LogP contribution in [0.15, 0.2) is 59.5 Å². The van der Waals surface area contributed by atoms with Gasteiger partial charge >= 0.3 is 0 Å². The molecule has 1 aliphatic heterocycles. The highest BCUT2D eigenvalue weighted by Crippen LogP contribution is 2.34. The first-order valence-electron chi connectivity index (χ1n) is 9.30. The van der Waals surface area contributed by atoms with Crippen molar-refractivity contribution in [2.75, 3.05) is 19.7 Å². The van der Waals surface area contributed by atoms with Crippen molar-refractivity contribution in [3.8, 4) is 0 Å². The van der Waals surface area contributed by atoms with Crippen molar-refractivity contribution in [1.29, 1.82) is 0 Å². The summed E-state index contributed by atoms with van der Waals surface area (Å²) < 4.78 is 1.51. The van der Waals surface area contributed by atoms with Gasteiger partial charge in [0.1, 0.15) is 0 Å². The number of carbonyl (C=O) groups is 1. The van der Waals surface area contributed by atoms with Crippen molar-refractivity contribution in [2.24, 2.45) is 5.41 Å². The Balaban J connectivity index is 1.68. The average Bonchev–Trinajstić information content (AvgIpc) is 2.69. The molecule has 0 spiro atoms. The lowest BCUT2D eigenvalue weighted by Gasteiger charge is -2.45. The number of benzene rings is 1. The molecule has 2 atom stereocenters. The van der Waals surface area contributed by atoms with Gasteiger partial charge in [-0.25, -0.2) is 0 Å². The van der Waals surface area contributed by atoms with Gasteiger partial charge in [-0.3, -0.25) is 9.59 Å². The molecular formula is C21H26N2O4. The minimum absolute atomic E-state index is 0.0662. The Bertz CT molecular complexity index is 820. The molecule has 27 heavy (non-hydrogen) atoms. The van der Waals surface area contributed by atoms with E-state index in [0.717, 1.165) is 5.56 Å². The number of pyridine rings is 1. The molecule has 6 nitrogen and oxygen atoms in total. The van der Waals surface area contributed by atoms with E-state index in [0.29, 0.717) is 32.5 Å². The van der Waals surface area contributed by atoms with Gasteiger partial charge in [0.2, 0.25) is 5.91 Å². The number of aliphatic hydroxyl groups is 2. The van der Waals surface area contributed by atoms with Crippen molar-refractivity contribution in [2.45, 2.75) is 31.9 Å². The Hall–Kier alpha value is -2.44. The zero-order chi connectivity index (χ0) is 19.3. The van der Waals surface area contributed by atoms with Crippen molar-refractivity contribution >= 4 is 5.91 Å². The molecule has 1 aromatic heterocycles. The second-order valence-corrected chi connectivity index (χ2v) is 7.28. The molecule has 2 N–H and O–H groups in total. The van der Waals surface area contributed by atoms with E-state index in [9.17, 15) is 19.8 Å². The SMILES string of the molecule is O=C(CCn1ccccc1=O)N1CC[C@@H](O)[C@@](CO)(Cc2ccccc2)C1. The molecule has 0 saturated carbocycles. The molecule has 0 radical (unpaired) electrons. The van der Waals surface area contributed by atoms with E-state index >= 15 is 0 Å². The summed E-state index contributed by atoms with van der Waals surface area (Å²) in [6.45, 7) is 0.898. The molecule has 1 fully saturated rings. The van der Waals surface area contributed by atoms with Gasteiger partial charge in [-0.2, -0.15) is 0 Å². The molecule has 144 valence electrons. The third-order valence-electron chi connectivity index (χ3n) is 5.42. The number of likely N-dealkylation sites (tertiary alicyclic amines) is 1. The number of piperidine rings is 1. The molecule has 0 bridgehead atoms. The molecule has 2 aromatic rings. The van der Waals surface area contributed by atoms with Crippen LogP contribution in [0.1, 0.15) is 18.4 Å². The maximum Gasteiger partial charge on any atom is 0.250 e. The first kappa shape index (κ1) is 19.3. The fourth-order valence-corrected chi connectivity index (χ4v) is 3.77. The zero-order valence-corrected chi connectivity index (χ0v) is 15.3. The second-order valence-electron chi connectivity index (χ2n) is 7.28. The number of hydrogen-bond donors (Lipinski definition) is 2. The van der Waals surface area contributed by atoms with Gasteiger partial charge in [0.15, 0.2) is 0 Å². The molecule has 1 amide bonds. The van der Waals surface area contributed by atoms with Crippen LogP contribution in [0.25, 0.3) is 0 Å². The topological polar surface area (TPSA) is 82.8 Å². The van der Waals surface area contributed by atoms with Gasteiger partial charge in [-0.05, 0) is 24.5 Å². The van der Waals surface area contributed by atoms with Crippen LogP contribution in [0, 0.1) is 5.41 Å². The molecule has 2 heterocycles. The van der Waals surface area contributed by atoms with Crippen LogP contribution in [0.2, 0.25) is 0 Å². The van der Waals surface area contributed by atoms with Crippen molar-refractivity contribution < 1.29 is 15.0 Å². The fraction of sp³-hybridized carbons (Fsp3) is 0.429. The summed E-state index contributed by atoms with van der Waals surface area (Å²) in [7, 11) is 0. The second kappa shape index (κ2) is 8.50. The number of carbonyl (C=O) groups excluding carboxylic acids is 1. The lowest BCUT2D eigenvalue weighted by Crippen LogP contribution is -2.56. The normalized spacial score (nSPS) is 22.6. The lowest BCUT2D eigenvalue weighted by atomic mass is 9.73. The van der Waals surface area contributed by atoms with Crippen LogP contribution < -0.4 is 5.56 Å². The van der Waals surface area contributed by atoms with Crippen LogP contribution >= 0.6 is 0 Å². The Morgan fingerprint density at radius 1 is 1.15 bits per heavy atom. The summed E-state index contributed by atoms with van der Waals surface area (Å²) in [5.41, 5.74) is 0.127. The number of hydrogen-bond acceptors (Lipinski definition) is 4. The number of aryl methyl sites for hydroxylation is 1. The number of rotatable bonds is 6. The number of aliphatic hydroxyl groups excluding tert-OH is 2. The Morgan fingerprint density at radius 2 is 1.89 bits per heavy atom. The molecule has 1 aliphatic rings. The van der Waals surface area contributed by atoms with Gasteiger partial charge in [-0.1, -0.05) is 36.4 Å². The van der Waals surface area contributed by atoms with Crippen LogP contribution in [0.4, 0.5) is 0 Å². The highest BCUT2D eigenvalue weighted by molar-refractivity contribution is 5.76. The van der Waals surface area contributed by atoms with E-state index in [1.54, 1.807) is 23.2 Å². The van der Waals surface area contributed by atoms with Gasteiger partial charge in [0.05, 0.1) is 12.7 Å². The summed E-state index contributed by atoms with van der Waals surface area (Å²) in [5.74, 6) is -0.0662. The van der Waals surface area contributed by atoms with Crippen LogP contribution in [-0.4, -0.2) is 51.4 Å². The van der Waals surface area contributed by atoms with E-state index in [1.165, 1.54) is 10.6 Å². The maximum atomic E-state index is 12.7. The average molecular weight is 370 g/mol. The van der Waals surface area contributed by atoms with Crippen molar-refractivity contribution in [3.05, 3.63) is 70.6 Å². The summed E-state index contributed by atoms with van der Waals surface area (Å²) in [6.07, 6.45) is 2.16. The molecule has 1 saturated heterocycles. The Labute approximate surface area is 158 Å². The molecular weight excluding hydrogens is 344 g/mol. The van der Waals surface area contributed by atoms with Crippen LogP contribution in [-0.2, 0) is 17.8 Å². The molecule has 0 unspecified atom stereocenters. The summed E-state index contributed by atoms with van der Waals surface area (Å²) >= 11 is 0. The minimum atomic E-state index is -0.765. The predicted molar refractivity (Wildman–Crippen MR) is 102 cm³/mol. The smallest absolute Gasteiger partial charge is 0.250 e. The quantitative estimate of drug-likeness (QED) is 0.796. The first-order chi connectivity index (χ1) is 13.0. The number of nitrogens with zero attached hydrogens (tertiary/aromatic N) is 2. The lowest BCUT2D eigenvalue weighted by molar-refractivity contribution is -0.142. The van der Waals surface area contributed by atoms with Crippen molar-refractivity contribution in [3.63, 3.8) is 0 Å². The standard InChI is InChI=1S/C21H26N2O4/c24-16-21(14-17-6-2-1-3-7-17)15-23(12-9-18(21)25)20(27)10-13-22-11-5-4-8-19(22)26/h1-8,11,18,24-25H,9-10,12-16H2/t18-,21+/m1/s1. The predicted octanol–water partition coefficient (Wildman–Crippen LogP) is 1.05. The first-order valence-corrected chi connectivity index (χ1v) is 9.30. The fourth-order valence-electron chi connectivity index (χ4n) is 3.77. The third kappa shape index (κ3) is 4.46. The van der Waals surface area contributed by atoms with E-state index in [4.69, 9.17) is 0 Å². The molecule has 1 aromatic carbocycles. The van der Waals surface area contributed by atoms with Gasteiger partial charge in [0.25, 0.3) is 5.56 Å². The summed E-state index contributed by atoms with van der Waals surface area (Å²) in [6, 6.07) is 14.6. The monoisotopic (exact) mass is 370 g/mol. The van der Waals surface area contributed by atoms with E-state index in [1.807, 2.05) is 30.3 Å². The number of aromatic nitrogens is 1. The van der Waals surface area contributed by atoms with E-state index < -0.39 is 11.5 Å². The Kier molecular flexibility index (Phi) is 6.08. The van der Waals surface area contributed by atoms with Crippen LogP contribution in [0.5, 0.6) is 0 Å². The highest BCUT2D eigenvalue weighted by atomic mass is 16.3. The van der Waals surface area contributed by atoms with Gasteiger partial charge in [-0.15, -0.1) is 0 Å². The Morgan fingerprint density at radius 3 is 2.59 bits per heavy atom. The van der Waals surface area contributed by atoms with E-state index in [2.05, 4.69) is 0 Å². The van der Waals surface area contributed by atoms with Gasteiger partial charge < -0.3 is 19.7 Å². The molecule has 6 heteroatoms. The van der Waals surface area contributed by atoms with Gasteiger partial charge in [0, 0.05) is 43.7 Å². The molecule has 3 rings (SSSR count).